The number of aliphatic hydroxyl groups excluding tert-OH is 3. The fourth-order valence-corrected chi connectivity index (χ4v) is 2.84. The van der Waals surface area contributed by atoms with Gasteiger partial charge >= 0.3 is 5.97 Å². The Morgan fingerprint density at radius 2 is 1.30 bits per heavy atom. The monoisotopic (exact) mass is 468 g/mol. The van der Waals surface area contributed by atoms with E-state index in [-0.39, 0.29) is 6.42 Å². The number of carbonyl (C=O) groups is 4. The molecule has 0 aromatic heterocycles. The molecular formula is C21H32N4O8. The van der Waals surface area contributed by atoms with Crippen LogP contribution in [0.3, 0.4) is 0 Å². The van der Waals surface area contributed by atoms with Gasteiger partial charge in [-0.1, -0.05) is 30.3 Å². The van der Waals surface area contributed by atoms with Crippen LogP contribution < -0.4 is 21.7 Å². The van der Waals surface area contributed by atoms with Crippen molar-refractivity contribution in [3.05, 3.63) is 35.9 Å². The fraction of sp³-hybridized carbons (Fsp3) is 0.524. The Balaban J connectivity index is 3.10. The van der Waals surface area contributed by atoms with Crippen molar-refractivity contribution in [1.82, 2.24) is 16.0 Å². The van der Waals surface area contributed by atoms with Crippen molar-refractivity contribution in [2.75, 3.05) is 0 Å². The van der Waals surface area contributed by atoms with Gasteiger partial charge in [-0.3, -0.25) is 14.4 Å². The minimum Gasteiger partial charge on any atom is -0.480 e. The molecule has 0 heterocycles. The number of hydrogen-bond donors (Lipinski definition) is 8. The van der Waals surface area contributed by atoms with Crippen LogP contribution in [0.15, 0.2) is 30.3 Å². The fourth-order valence-electron chi connectivity index (χ4n) is 2.84. The number of rotatable bonds is 12. The molecule has 1 rings (SSSR count). The quantitative estimate of drug-likeness (QED) is 0.159. The highest BCUT2D eigenvalue weighted by Gasteiger charge is 2.34. The highest BCUT2D eigenvalue weighted by molar-refractivity contribution is 5.94. The maximum atomic E-state index is 12.8. The molecule has 7 atom stereocenters. The molecule has 33 heavy (non-hydrogen) atoms. The van der Waals surface area contributed by atoms with Crippen LogP contribution in [0.2, 0.25) is 0 Å². The van der Waals surface area contributed by atoms with Crippen molar-refractivity contribution in [1.29, 1.82) is 0 Å². The second-order valence-corrected chi connectivity index (χ2v) is 7.81. The van der Waals surface area contributed by atoms with E-state index in [0.29, 0.717) is 5.56 Å². The number of carboxylic acid groups (broad SMARTS) is 1. The molecule has 0 bridgehead atoms. The van der Waals surface area contributed by atoms with E-state index >= 15 is 0 Å². The third-order valence-corrected chi connectivity index (χ3v) is 4.85. The second kappa shape index (κ2) is 12.8. The summed E-state index contributed by atoms with van der Waals surface area (Å²) in [5.41, 5.74) is 6.19. The number of benzene rings is 1. The Kier molecular flexibility index (Phi) is 10.9. The molecule has 0 radical (unpaired) electrons. The van der Waals surface area contributed by atoms with Crippen molar-refractivity contribution in [2.24, 2.45) is 5.73 Å². The largest absolute Gasteiger partial charge is 0.480 e. The van der Waals surface area contributed by atoms with Gasteiger partial charge in [-0.05, 0) is 26.3 Å². The van der Waals surface area contributed by atoms with Crippen LogP contribution in [0.25, 0.3) is 0 Å². The lowest BCUT2D eigenvalue weighted by Gasteiger charge is -2.27. The van der Waals surface area contributed by atoms with E-state index in [1.54, 1.807) is 30.3 Å². The summed E-state index contributed by atoms with van der Waals surface area (Å²) in [4.78, 5) is 49.1. The van der Waals surface area contributed by atoms with Gasteiger partial charge in [0.1, 0.15) is 18.1 Å². The van der Waals surface area contributed by atoms with E-state index in [4.69, 9.17) is 5.73 Å². The number of carbonyl (C=O) groups excluding carboxylic acids is 3. The number of nitrogens with one attached hydrogen (secondary N) is 3. The van der Waals surface area contributed by atoms with Gasteiger partial charge in [-0.2, -0.15) is 0 Å². The molecule has 0 aliphatic heterocycles. The maximum Gasteiger partial charge on any atom is 0.328 e. The zero-order chi connectivity index (χ0) is 25.3. The van der Waals surface area contributed by atoms with Crippen molar-refractivity contribution in [2.45, 2.75) is 69.7 Å². The van der Waals surface area contributed by atoms with Gasteiger partial charge in [0.2, 0.25) is 17.7 Å². The van der Waals surface area contributed by atoms with Gasteiger partial charge in [0.05, 0.1) is 18.3 Å². The van der Waals surface area contributed by atoms with E-state index < -0.39 is 66.2 Å². The SMILES string of the molecule is CC(O)C(N)C(=O)NC(C(=O)NC(Cc1ccccc1)C(=O)NC(C(=O)O)C(C)O)C(C)O. The van der Waals surface area contributed by atoms with E-state index in [9.17, 15) is 39.6 Å². The lowest BCUT2D eigenvalue weighted by molar-refractivity contribution is -0.145. The van der Waals surface area contributed by atoms with Crippen LogP contribution >= 0.6 is 0 Å². The van der Waals surface area contributed by atoms with Gasteiger partial charge in [-0.15, -0.1) is 0 Å². The van der Waals surface area contributed by atoms with Crippen LogP contribution in [-0.4, -0.2) is 86.6 Å². The molecule has 184 valence electrons. The first kappa shape index (κ1) is 28.0. The second-order valence-electron chi connectivity index (χ2n) is 7.81. The van der Waals surface area contributed by atoms with Gasteiger partial charge in [0.25, 0.3) is 0 Å². The predicted octanol–water partition coefficient (Wildman–Crippen LogP) is -2.76. The van der Waals surface area contributed by atoms with Crippen LogP contribution in [0, 0.1) is 0 Å². The first-order valence-corrected chi connectivity index (χ1v) is 10.3. The van der Waals surface area contributed by atoms with Crippen LogP contribution in [-0.2, 0) is 25.6 Å². The Bertz CT molecular complexity index is 816. The van der Waals surface area contributed by atoms with Gasteiger partial charge in [0, 0.05) is 6.42 Å². The molecule has 7 unspecified atom stereocenters. The highest BCUT2D eigenvalue weighted by atomic mass is 16.4. The zero-order valence-corrected chi connectivity index (χ0v) is 18.6. The average Bonchev–Trinajstić information content (AvgIpc) is 2.74. The molecule has 12 nitrogen and oxygen atoms in total. The third-order valence-electron chi connectivity index (χ3n) is 4.85. The molecule has 12 heteroatoms. The van der Waals surface area contributed by atoms with Gasteiger partial charge in [-0.25, -0.2) is 4.79 Å². The Morgan fingerprint density at radius 1 is 0.788 bits per heavy atom. The zero-order valence-electron chi connectivity index (χ0n) is 18.6. The molecular weight excluding hydrogens is 436 g/mol. The number of nitrogens with two attached hydrogens (primary N) is 1. The van der Waals surface area contributed by atoms with Gasteiger partial charge < -0.3 is 42.1 Å². The molecule has 0 aliphatic rings. The summed E-state index contributed by atoms with van der Waals surface area (Å²) in [5.74, 6) is -4.19. The Morgan fingerprint density at radius 3 is 1.76 bits per heavy atom. The molecule has 0 aliphatic carbocycles. The Labute approximate surface area is 191 Å². The summed E-state index contributed by atoms with van der Waals surface area (Å²) < 4.78 is 0. The number of hydrogen-bond acceptors (Lipinski definition) is 8. The minimum absolute atomic E-state index is 0.0434. The highest BCUT2D eigenvalue weighted by Crippen LogP contribution is 2.06. The summed E-state index contributed by atoms with van der Waals surface area (Å²) in [6.45, 7) is 3.70. The molecule has 1 aromatic carbocycles. The maximum absolute atomic E-state index is 12.8. The van der Waals surface area contributed by atoms with Crippen molar-refractivity contribution in [3.63, 3.8) is 0 Å². The first-order valence-electron chi connectivity index (χ1n) is 10.3. The summed E-state index contributed by atoms with van der Waals surface area (Å²) >= 11 is 0. The van der Waals surface area contributed by atoms with E-state index in [2.05, 4.69) is 16.0 Å². The number of amides is 3. The van der Waals surface area contributed by atoms with Crippen molar-refractivity contribution in [3.8, 4) is 0 Å². The van der Waals surface area contributed by atoms with Crippen LogP contribution in [0.4, 0.5) is 0 Å². The Hall–Kier alpha value is -3.06. The van der Waals surface area contributed by atoms with Crippen LogP contribution in [0.5, 0.6) is 0 Å². The lowest BCUT2D eigenvalue weighted by Crippen LogP contribution is -2.61. The van der Waals surface area contributed by atoms with E-state index in [1.807, 2.05) is 0 Å². The lowest BCUT2D eigenvalue weighted by atomic mass is 10.0. The topological polar surface area (TPSA) is 211 Å². The summed E-state index contributed by atoms with van der Waals surface area (Å²) in [6.07, 6.45) is -4.06. The normalized spacial score (nSPS) is 17.4. The minimum atomic E-state index is -1.62. The molecule has 0 spiro atoms. The molecule has 3 amide bonds. The molecule has 9 N–H and O–H groups in total. The molecule has 1 aromatic rings. The molecule has 0 fully saturated rings. The number of aliphatic carboxylic acids is 1. The van der Waals surface area contributed by atoms with E-state index in [1.165, 1.54) is 20.8 Å². The molecule has 0 saturated heterocycles. The summed E-state index contributed by atoms with van der Waals surface area (Å²) in [7, 11) is 0. The summed E-state index contributed by atoms with van der Waals surface area (Å²) in [5, 5.41) is 45.1. The predicted molar refractivity (Wildman–Crippen MR) is 117 cm³/mol. The smallest absolute Gasteiger partial charge is 0.328 e. The summed E-state index contributed by atoms with van der Waals surface area (Å²) in [6, 6.07) is 2.74. The molecule has 0 saturated carbocycles. The third kappa shape index (κ3) is 8.77. The first-order chi connectivity index (χ1) is 15.3. The van der Waals surface area contributed by atoms with Crippen molar-refractivity contribution >= 4 is 23.7 Å². The van der Waals surface area contributed by atoms with Gasteiger partial charge in [0.15, 0.2) is 6.04 Å². The van der Waals surface area contributed by atoms with E-state index in [0.717, 1.165) is 0 Å². The number of carboxylic acids is 1. The average molecular weight is 469 g/mol. The van der Waals surface area contributed by atoms with Crippen molar-refractivity contribution < 1.29 is 39.6 Å². The standard InChI is InChI=1S/C21H32N4O8/c1-10(26)15(22)19(30)24-16(11(2)27)20(31)23-14(9-13-7-5-4-6-8-13)18(29)25-17(12(3)28)21(32)33/h4-8,10-12,14-17,26-28H,9,22H2,1-3H3,(H,23,31)(H,24,30)(H,25,29)(H,32,33). The number of aliphatic hydroxyl groups is 3. The van der Waals surface area contributed by atoms with Crippen LogP contribution in [0.1, 0.15) is 26.3 Å².